The Morgan fingerprint density at radius 3 is 2.44 bits per heavy atom. The Kier molecular flexibility index (Phi) is 7.00. The molecular formula is C31H40N2O6. The molecule has 4 aliphatic heterocycles. The van der Waals surface area contributed by atoms with E-state index in [0.29, 0.717) is 13.0 Å². The maximum atomic E-state index is 14.7. The number of carbonyl (C=O) groups is 3. The standard InChI is InChI=1S/C31H40N2O6/c1-29(2,3)19-30(4,5)32-15-10-14-31-24(23-22(39-31)13-9-16-38-28(23)37)26(35)33(25(31)27(32)36)21(18-34)17-20-11-7-6-8-12-20/h6-14,21-25,34H,15-19H2,1-5H3/t21-,22-,23+,24+,25?,31+/m1/s1. The van der Waals surface area contributed by atoms with E-state index in [4.69, 9.17) is 9.47 Å². The molecular weight excluding hydrogens is 496 g/mol. The van der Waals surface area contributed by atoms with E-state index in [1.54, 1.807) is 12.2 Å². The SMILES string of the molecule is CC(C)(C)CC(C)(C)N1CC=C[C@]23O[C@@H]4C=CCOC(=O)[C@@H]4[C@H]2C(=O)N([C@@H](CO)Cc2ccccc2)C3C1=O. The molecule has 0 saturated carbocycles. The molecule has 1 unspecified atom stereocenters. The van der Waals surface area contributed by atoms with Crippen molar-refractivity contribution in [2.24, 2.45) is 17.3 Å². The van der Waals surface area contributed by atoms with Gasteiger partial charge in [0, 0.05) is 12.1 Å². The molecule has 1 aromatic rings. The van der Waals surface area contributed by atoms with Gasteiger partial charge in [-0.25, -0.2) is 0 Å². The summed E-state index contributed by atoms with van der Waals surface area (Å²) in [5, 5.41) is 10.6. The lowest BCUT2D eigenvalue weighted by Gasteiger charge is -2.45. The Bertz CT molecular complexity index is 1190. The Balaban J connectivity index is 1.62. The van der Waals surface area contributed by atoms with E-state index in [1.807, 2.05) is 61.2 Å². The monoisotopic (exact) mass is 536 g/mol. The molecule has 2 amide bonds. The molecule has 1 N–H and O–H groups in total. The van der Waals surface area contributed by atoms with Gasteiger partial charge in [-0.2, -0.15) is 0 Å². The third-order valence-corrected chi connectivity index (χ3v) is 8.46. The molecule has 4 aliphatic rings. The van der Waals surface area contributed by atoms with Crippen LogP contribution in [-0.2, 0) is 30.3 Å². The maximum absolute atomic E-state index is 14.7. The minimum Gasteiger partial charge on any atom is -0.461 e. The van der Waals surface area contributed by atoms with Crippen molar-refractivity contribution < 1.29 is 29.0 Å². The summed E-state index contributed by atoms with van der Waals surface area (Å²) < 4.78 is 12.0. The Morgan fingerprint density at radius 2 is 1.77 bits per heavy atom. The number of aliphatic hydroxyl groups is 1. The molecule has 2 fully saturated rings. The van der Waals surface area contributed by atoms with Gasteiger partial charge in [0.2, 0.25) is 11.8 Å². The van der Waals surface area contributed by atoms with Gasteiger partial charge >= 0.3 is 5.97 Å². The summed E-state index contributed by atoms with van der Waals surface area (Å²) in [6, 6.07) is 7.90. The zero-order valence-electron chi connectivity index (χ0n) is 23.5. The molecule has 39 heavy (non-hydrogen) atoms. The number of benzene rings is 1. The molecule has 1 aromatic carbocycles. The van der Waals surface area contributed by atoms with Crippen LogP contribution in [0.5, 0.6) is 0 Å². The molecule has 1 spiro atoms. The van der Waals surface area contributed by atoms with Gasteiger partial charge in [0.25, 0.3) is 0 Å². The van der Waals surface area contributed by atoms with Crippen LogP contribution in [0.1, 0.15) is 46.6 Å². The summed E-state index contributed by atoms with van der Waals surface area (Å²) in [4.78, 5) is 45.6. The van der Waals surface area contributed by atoms with Crippen molar-refractivity contribution in [2.75, 3.05) is 19.8 Å². The summed E-state index contributed by atoms with van der Waals surface area (Å²) in [7, 11) is 0. The summed E-state index contributed by atoms with van der Waals surface area (Å²) in [5.74, 6) is -2.89. The molecule has 0 bridgehead atoms. The number of esters is 1. The summed E-state index contributed by atoms with van der Waals surface area (Å²) in [6.07, 6.45) is 7.66. The zero-order chi connectivity index (χ0) is 28.2. The first-order valence-electron chi connectivity index (χ1n) is 13.9. The number of ether oxygens (including phenoxy) is 2. The van der Waals surface area contributed by atoms with Crippen LogP contribution < -0.4 is 0 Å². The van der Waals surface area contributed by atoms with Gasteiger partial charge in [0.15, 0.2) is 0 Å². The number of hydrogen-bond donors (Lipinski definition) is 1. The van der Waals surface area contributed by atoms with E-state index in [1.165, 1.54) is 4.90 Å². The molecule has 8 heteroatoms. The third-order valence-electron chi connectivity index (χ3n) is 8.46. The average molecular weight is 537 g/mol. The smallest absolute Gasteiger partial charge is 0.313 e. The Labute approximate surface area is 230 Å². The van der Waals surface area contributed by atoms with Crippen LogP contribution in [-0.4, -0.2) is 81.8 Å². The third kappa shape index (κ3) is 4.72. The van der Waals surface area contributed by atoms with Crippen molar-refractivity contribution in [3.8, 4) is 0 Å². The fourth-order valence-corrected chi connectivity index (χ4v) is 7.38. The first kappa shape index (κ1) is 27.6. The van der Waals surface area contributed by atoms with Crippen LogP contribution in [0, 0.1) is 17.3 Å². The van der Waals surface area contributed by atoms with E-state index in [2.05, 4.69) is 20.8 Å². The second-order valence-electron chi connectivity index (χ2n) is 13.1. The first-order chi connectivity index (χ1) is 18.4. The number of fused-ring (bicyclic) bond motifs is 2. The van der Waals surface area contributed by atoms with Crippen LogP contribution in [0.4, 0.5) is 0 Å². The van der Waals surface area contributed by atoms with E-state index < -0.39 is 47.1 Å². The molecule has 6 atom stereocenters. The number of hydrogen-bond acceptors (Lipinski definition) is 6. The highest BCUT2D eigenvalue weighted by molar-refractivity contribution is 5.99. The lowest BCUT2D eigenvalue weighted by atomic mass is 9.77. The van der Waals surface area contributed by atoms with Crippen LogP contribution in [0.25, 0.3) is 0 Å². The molecule has 0 radical (unpaired) electrons. The van der Waals surface area contributed by atoms with Crippen LogP contribution in [0.15, 0.2) is 54.6 Å². The molecule has 2 saturated heterocycles. The summed E-state index contributed by atoms with van der Waals surface area (Å²) in [6.45, 7) is 10.7. The second-order valence-corrected chi connectivity index (χ2v) is 13.1. The van der Waals surface area contributed by atoms with Gasteiger partial charge in [-0.1, -0.05) is 69.3 Å². The van der Waals surface area contributed by atoms with E-state index in [-0.39, 0.29) is 30.4 Å². The van der Waals surface area contributed by atoms with Gasteiger partial charge < -0.3 is 24.4 Å². The number of amides is 2. The van der Waals surface area contributed by atoms with Crippen molar-refractivity contribution in [1.82, 2.24) is 9.80 Å². The molecule has 4 heterocycles. The van der Waals surface area contributed by atoms with Crippen LogP contribution in [0.2, 0.25) is 0 Å². The first-order valence-corrected chi connectivity index (χ1v) is 13.9. The highest BCUT2D eigenvalue weighted by Gasteiger charge is 2.73. The summed E-state index contributed by atoms with van der Waals surface area (Å²) in [5.41, 5.74) is -0.973. The molecule has 8 nitrogen and oxygen atoms in total. The predicted molar refractivity (Wildman–Crippen MR) is 145 cm³/mol. The molecule has 0 aliphatic carbocycles. The lowest BCUT2D eigenvalue weighted by molar-refractivity contribution is -0.156. The largest absolute Gasteiger partial charge is 0.461 e. The number of aliphatic hydroxyl groups excluding tert-OH is 1. The number of carbonyl (C=O) groups excluding carboxylic acids is 3. The van der Waals surface area contributed by atoms with E-state index >= 15 is 0 Å². The maximum Gasteiger partial charge on any atom is 0.313 e. The van der Waals surface area contributed by atoms with Gasteiger partial charge in [0.1, 0.15) is 24.2 Å². The Hall–Kier alpha value is -2.97. The van der Waals surface area contributed by atoms with Crippen molar-refractivity contribution in [3.05, 3.63) is 60.2 Å². The molecule has 210 valence electrons. The predicted octanol–water partition coefficient (Wildman–Crippen LogP) is 2.90. The summed E-state index contributed by atoms with van der Waals surface area (Å²) >= 11 is 0. The average Bonchev–Trinajstić information content (AvgIpc) is 3.16. The fourth-order valence-electron chi connectivity index (χ4n) is 7.38. The van der Waals surface area contributed by atoms with E-state index in [9.17, 15) is 19.5 Å². The second kappa shape index (κ2) is 9.89. The number of rotatable bonds is 6. The van der Waals surface area contributed by atoms with Crippen LogP contribution in [0.3, 0.4) is 0 Å². The molecule has 0 aromatic heterocycles. The van der Waals surface area contributed by atoms with Crippen molar-refractivity contribution >= 4 is 17.8 Å². The quantitative estimate of drug-likeness (QED) is 0.444. The van der Waals surface area contributed by atoms with Crippen molar-refractivity contribution in [3.63, 3.8) is 0 Å². The zero-order valence-corrected chi connectivity index (χ0v) is 23.5. The van der Waals surface area contributed by atoms with Crippen molar-refractivity contribution in [1.29, 1.82) is 0 Å². The highest BCUT2D eigenvalue weighted by atomic mass is 16.6. The fraction of sp³-hybridized carbons (Fsp3) is 0.581. The minimum absolute atomic E-state index is 0.0439. The number of nitrogens with zero attached hydrogens (tertiary/aromatic N) is 2. The number of likely N-dealkylation sites (tertiary alicyclic amines) is 1. The van der Waals surface area contributed by atoms with Gasteiger partial charge in [-0.05, 0) is 43.7 Å². The van der Waals surface area contributed by atoms with E-state index in [0.717, 1.165) is 12.0 Å². The number of cyclic esters (lactones) is 1. The van der Waals surface area contributed by atoms with Crippen LogP contribution >= 0.6 is 0 Å². The normalized spacial score (nSPS) is 31.4. The molecule has 5 rings (SSSR count). The van der Waals surface area contributed by atoms with Gasteiger partial charge in [-0.15, -0.1) is 0 Å². The topological polar surface area (TPSA) is 96.4 Å². The Morgan fingerprint density at radius 1 is 1.05 bits per heavy atom. The lowest BCUT2D eigenvalue weighted by Crippen LogP contribution is -2.62. The highest BCUT2D eigenvalue weighted by Crippen LogP contribution is 2.54. The van der Waals surface area contributed by atoms with Crippen molar-refractivity contribution in [2.45, 2.75) is 76.8 Å². The minimum atomic E-state index is -1.35. The van der Waals surface area contributed by atoms with Gasteiger partial charge in [-0.3, -0.25) is 14.4 Å². The van der Waals surface area contributed by atoms with Gasteiger partial charge in [0.05, 0.1) is 24.7 Å².